The molecule has 0 aliphatic carbocycles. The summed E-state index contributed by atoms with van der Waals surface area (Å²) in [7, 11) is 0. The molecule has 0 spiro atoms. The first kappa shape index (κ1) is 13.9. The fraction of sp³-hybridized carbons (Fsp3) is 0.188. The van der Waals surface area contributed by atoms with Crippen molar-refractivity contribution >= 4 is 11.6 Å². The van der Waals surface area contributed by atoms with Gasteiger partial charge in [0.2, 0.25) is 5.91 Å². The third-order valence-electron chi connectivity index (χ3n) is 2.94. The van der Waals surface area contributed by atoms with E-state index in [2.05, 4.69) is 5.32 Å². The van der Waals surface area contributed by atoms with E-state index in [9.17, 15) is 4.79 Å². The number of ether oxygens (including phenoxy) is 1. The zero-order valence-corrected chi connectivity index (χ0v) is 11.4. The van der Waals surface area contributed by atoms with Crippen LogP contribution in [0.2, 0.25) is 0 Å². The number of hydrogen-bond acceptors (Lipinski definition) is 3. The summed E-state index contributed by atoms with van der Waals surface area (Å²) in [6.45, 7) is 2.26. The molecule has 2 rings (SSSR count). The van der Waals surface area contributed by atoms with Crippen LogP contribution in [-0.4, -0.2) is 12.5 Å². The molecular formula is C16H18N2O2. The van der Waals surface area contributed by atoms with E-state index in [0.717, 1.165) is 17.2 Å². The Balaban J connectivity index is 2.08. The number of primary amides is 1. The first-order chi connectivity index (χ1) is 9.66. The smallest absolute Gasteiger partial charge is 0.222 e. The highest BCUT2D eigenvalue weighted by atomic mass is 16.5. The number of hydrogen-bond donors (Lipinski definition) is 2. The Morgan fingerprint density at radius 1 is 1.15 bits per heavy atom. The molecular weight excluding hydrogens is 252 g/mol. The van der Waals surface area contributed by atoms with Gasteiger partial charge < -0.3 is 15.8 Å². The molecule has 2 aromatic carbocycles. The highest BCUT2D eigenvalue weighted by molar-refractivity contribution is 5.77. The zero-order valence-electron chi connectivity index (χ0n) is 11.4. The van der Waals surface area contributed by atoms with Crippen LogP contribution in [0.15, 0.2) is 54.6 Å². The quantitative estimate of drug-likeness (QED) is 0.848. The summed E-state index contributed by atoms with van der Waals surface area (Å²) >= 11 is 0. The van der Waals surface area contributed by atoms with Crippen LogP contribution in [0.25, 0.3) is 0 Å². The molecule has 0 saturated carbocycles. The normalized spacial score (nSPS) is 11.7. The van der Waals surface area contributed by atoms with E-state index in [1.807, 2.05) is 54.6 Å². The van der Waals surface area contributed by atoms with Crippen LogP contribution in [-0.2, 0) is 4.79 Å². The molecule has 1 amide bonds. The predicted octanol–water partition coefficient (Wildman–Crippen LogP) is 3.01. The molecule has 2 aromatic rings. The zero-order chi connectivity index (χ0) is 14.4. The Hall–Kier alpha value is -2.49. The Bertz CT molecular complexity index is 570. The van der Waals surface area contributed by atoms with Gasteiger partial charge in [-0.3, -0.25) is 4.79 Å². The molecule has 20 heavy (non-hydrogen) atoms. The summed E-state index contributed by atoms with van der Waals surface area (Å²) in [6.07, 6.45) is 0. The minimum atomic E-state index is -0.320. The van der Waals surface area contributed by atoms with Crippen LogP contribution >= 0.6 is 0 Å². The molecule has 4 heteroatoms. The van der Waals surface area contributed by atoms with Gasteiger partial charge in [0.25, 0.3) is 0 Å². The van der Waals surface area contributed by atoms with Crippen molar-refractivity contribution in [3.05, 3.63) is 54.6 Å². The standard InChI is InChI=1S/C16H18N2O2/c1-12(16(17)19)11-18-14-9-5-6-10-15(14)20-13-7-3-2-4-8-13/h2-10,12,18H,11H2,1H3,(H2,17,19). The summed E-state index contributed by atoms with van der Waals surface area (Å²) in [5, 5.41) is 3.19. The number of amides is 1. The van der Waals surface area contributed by atoms with Gasteiger partial charge in [0, 0.05) is 6.54 Å². The lowest BCUT2D eigenvalue weighted by Gasteiger charge is -2.14. The highest BCUT2D eigenvalue weighted by Gasteiger charge is 2.10. The molecule has 0 saturated heterocycles. The van der Waals surface area contributed by atoms with E-state index in [1.165, 1.54) is 0 Å². The van der Waals surface area contributed by atoms with Crippen molar-refractivity contribution in [3.63, 3.8) is 0 Å². The third-order valence-corrected chi connectivity index (χ3v) is 2.94. The number of carbonyl (C=O) groups excluding carboxylic acids is 1. The van der Waals surface area contributed by atoms with Crippen molar-refractivity contribution in [2.45, 2.75) is 6.92 Å². The lowest BCUT2D eigenvalue weighted by molar-refractivity contribution is -0.120. The monoisotopic (exact) mass is 270 g/mol. The number of carbonyl (C=O) groups is 1. The van der Waals surface area contributed by atoms with Crippen LogP contribution < -0.4 is 15.8 Å². The van der Waals surface area contributed by atoms with Gasteiger partial charge in [-0.05, 0) is 24.3 Å². The van der Waals surface area contributed by atoms with Crippen LogP contribution in [0.4, 0.5) is 5.69 Å². The Morgan fingerprint density at radius 2 is 1.80 bits per heavy atom. The predicted molar refractivity (Wildman–Crippen MR) is 79.8 cm³/mol. The molecule has 0 aromatic heterocycles. The number of para-hydroxylation sites is 3. The summed E-state index contributed by atoms with van der Waals surface area (Å²) in [5.41, 5.74) is 6.09. The van der Waals surface area contributed by atoms with Gasteiger partial charge in [0.1, 0.15) is 5.75 Å². The second-order valence-corrected chi connectivity index (χ2v) is 4.60. The lowest BCUT2D eigenvalue weighted by Crippen LogP contribution is -2.26. The van der Waals surface area contributed by atoms with Crippen molar-refractivity contribution < 1.29 is 9.53 Å². The fourth-order valence-electron chi connectivity index (χ4n) is 1.68. The van der Waals surface area contributed by atoms with Crippen molar-refractivity contribution in [1.29, 1.82) is 0 Å². The van der Waals surface area contributed by atoms with Gasteiger partial charge in [-0.2, -0.15) is 0 Å². The number of rotatable bonds is 6. The topological polar surface area (TPSA) is 64.3 Å². The lowest BCUT2D eigenvalue weighted by atomic mass is 10.1. The second-order valence-electron chi connectivity index (χ2n) is 4.60. The molecule has 0 aliphatic heterocycles. The summed E-state index contributed by atoms with van der Waals surface area (Å²) in [5.74, 6) is 0.929. The molecule has 0 radical (unpaired) electrons. The SMILES string of the molecule is CC(CNc1ccccc1Oc1ccccc1)C(N)=O. The maximum atomic E-state index is 11.0. The second kappa shape index (κ2) is 6.61. The van der Waals surface area contributed by atoms with Crippen LogP contribution in [0.1, 0.15) is 6.92 Å². The molecule has 3 N–H and O–H groups in total. The number of nitrogens with one attached hydrogen (secondary N) is 1. The van der Waals surface area contributed by atoms with Gasteiger partial charge >= 0.3 is 0 Å². The van der Waals surface area contributed by atoms with E-state index in [4.69, 9.17) is 10.5 Å². The van der Waals surface area contributed by atoms with E-state index in [0.29, 0.717) is 6.54 Å². The Kier molecular flexibility index (Phi) is 4.60. The molecule has 0 fully saturated rings. The first-order valence-electron chi connectivity index (χ1n) is 6.52. The minimum Gasteiger partial charge on any atom is -0.455 e. The van der Waals surface area contributed by atoms with E-state index < -0.39 is 0 Å². The average molecular weight is 270 g/mol. The van der Waals surface area contributed by atoms with Crippen molar-refractivity contribution in [2.24, 2.45) is 11.7 Å². The van der Waals surface area contributed by atoms with Gasteiger partial charge in [-0.25, -0.2) is 0 Å². The molecule has 104 valence electrons. The average Bonchev–Trinajstić information content (AvgIpc) is 2.47. The Morgan fingerprint density at radius 3 is 2.50 bits per heavy atom. The summed E-state index contributed by atoms with van der Waals surface area (Å²) < 4.78 is 5.82. The van der Waals surface area contributed by atoms with Gasteiger partial charge in [0.05, 0.1) is 11.6 Å². The van der Waals surface area contributed by atoms with Crippen molar-refractivity contribution in [3.8, 4) is 11.5 Å². The van der Waals surface area contributed by atoms with Crippen LogP contribution in [0.5, 0.6) is 11.5 Å². The van der Waals surface area contributed by atoms with Gasteiger partial charge in [-0.15, -0.1) is 0 Å². The minimum absolute atomic E-state index is 0.236. The largest absolute Gasteiger partial charge is 0.455 e. The maximum absolute atomic E-state index is 11.0. The van der Waals surface area contributed by atoms with Crippen LogP contribution in [0, 0.1) is 5.92 Å². The molecule has 1 unspecified atom stereocenters. The van der Waals surface area contributed by atoms with E-state index >= 15 is 0 Å². The summed E-state index contributed by atoms with van der Waals surface area (Å²) in [6, 6.07) is 17.2. The molecule has 4 nitrogen and oxygen atoms in total. The van der Waals surface area contributed by atoms with Gasteiger partial charge in [0.15, 0.2) is 5.75 Å². The van der Waals surface area contributed by atoms with Crippen molar-refractivity contribution in [1.82, 2.24) is 0 Å². The molecule has 1 atom stereocenters. The van der Waals surface area contributed by atoms with E-state index in [1.54, 1.807) is 6.92 Å². The Labute approximate surface area is 118 Å². The first-order valence-corrected chi connectivity index (χ1v) is 6.52. The van der Waals surface area contributed by atoms with Gasteiger partial charge in [-0.1, -0.05) is 37.3 Å². The number of benzene rings is 2. The highest BCUT2D eigenvalue weighted by Crippen LogP contribution is 2.29. The number of nitrogens with two attached hydrogens (primary N) is 1. The maximum Gasteiger partial charge on any atom is 0.222 e. The third kappa shape index (κ3) is 3.75. The number of anilines is 1. The van der Waals surface area contributed by atoms with Crippen molar-refractivity contribution in [2.75, 3.05) is 11.9 Å². The van der Waals surface area contributed by atoms with E-state index in [-0.39, 0.29) is 11.8 Å². The summed E-state index contributed by atoms with van der Waals surface area (Å²) in [4.78, 5) is 11.0. The van der Waals surface area contributed by atoms with Crippen LogP contribution in [0.3, 0.4) is 0 Å². The molecule has 0 bridgehead atoms. The molecule has 0 heterocycles. The molecule has 0 aliphatic rings. The fourth-order valence-corrected chi connectivity index (χ4v) is 1.68.